The minimum Gasteiger partial charge on any atom is -0.481 e. The van der Waals surface area contributed by atoms with Gasteiger partial charge in [-0.05, 0) is 80.4 Å². The van der Waals surface area contributed by atoms with Crippen molar-refractivity contribution < 1.29 is 18.4 Å². The van der Waals surface area contributed by atoms with Crippen molar-refractivity contribution in [3.05, 3.63) is 68.2 Å². The van der Waals surface area contributed by atoms with Gasteiger partial charge in [0.05, 0.1) is 15.2 Å². The van der Waals surface area contributed by atoms with Crippen molar-refractivity contribution in [2.75, 3.05) is 11.9 Å². The molecule has 0 saturated heterocycles. The minimum absolute atomic E-state index is 0.142. The molecule has 0 atom stereocenters. The Morgan fingerprint density at radius 1 is 1.00 bits per heavy atom. The molecule has 4 aromatic rings. The minimum atomic E-state index is -0.289. The van der Waals surface area contributed by atoms with Crippen molar-refractivity contribution in [2.45, 2.75) is 0 Å². The van der Waals surface area contributed by atoms with Crippen molar-refractivity contribution in [1.82, 2.24) is 10.2 Å². The number of benzene rings is 2. The van der Waals surface area contributed by atoms with Crippen LogP contribution in [0, 0.1) is 0 Å². The van der Waals surface area contributed by atoms with Crippen LogP contribution in [0.2, 0.25) is 0 Å². The topological polar surface area (TPSA) is 90.4 Å². The molecule has 0 aliphatic carbocycles. The highest BCUT2D eigenvalue weighted by Gasteiger charge is 2.13. The summed E-state index contributed by atoms with van der Waals surface area (Å²) in [6, 6.07) is 14.2. The van der Waals surface area contributed by atoms with E-state index in [1.54, 1.807) is 36.4 Å². The van der Waals surface area contributed by atoms with Gasteiger partial charge in [-0.1, -0.05) is 15.9 Å². The van der Waals surface area contributed by atoms with E-state index in [9.17, 15) is 4.79 Å². The van der Waals surface area contributed by atoms with E-state index in [1.165, 1.54) is 6.26 Å². The number of aromatic nitrogens is 2. The van der Waals surface area contributed by atoms with E-state index in [0.29, 0.717) is 29.0 Å². The molecule has 0 aliphatic heterocycles. The molecule has 1 N–H and O–H groups in total. The molecule has 0 unspecified atom stereocenters. The van der Waals surface area contributed by atoms with Crippen molar-refractivity contribution in [1.29, 1.82) is 0 Å². The van der Waals surface area contributed by atoms with Crippen molar-refractivity contribution in [3.63, 3.8) is 0 Å². The van der Waals surface area contributed by atoms with Crippen LogP contribution in [0.15, 0.2) is 77.0 Å². The maximum Gasteiger partial charge on any atom is 0.283 e. The lowest BCUT2D eigenvalue weighted by Crippen LogP contribution is -2.20. The van der Waals surface area contributed by atoms with Gasteiger partial charge in [0.1, 0.15) is 5.75 Å². The fourth-order valence-corrected chi connectivity index (χ4v) is 5.03. The second-order valence-electron chi connectivity index (χ2n) is 6.00. The number of hydrogen-bond donors (Lipinski definition) is 1. The van der Waals surface area contributed by atoms with Gasteiger partial charge in [0.15, 0.2) is 12.4 Å². The summed E-state index contributed by atoms with van der Waals surface area (Å²) in [6.45, 7) is -0.142. The van der Waals surface area contributed by atoms with Crippen LogP contribution in [0.1, 0.15) is 0 Å². The molecule has 0 spiro atoms. The van der Waals surface area contributed by atoms with Gasteiger partial charge in [-0.15, -0.1) is 10.2 Å². The third-order valence-corrected chi connectivity index (χ3v) is 5.52. The zero-order valence-corrected chi connectivity index (χ0v) is 19.8. The Morgan fingerprint density at radius 2 is 1.70 bits per heavy atom. The number of carbonyl (C=O) groups excluding carboxylic acids is 1. The monoisotopic (exact) mass is 595 g/mol. The largest absolute Gasteiger partial charge is 0.481 e. The molecule has 7 nitrogen and oxygen atoms in total. The average molecular weight is 598 g/mol. The number of nitrogens with one attached hydrogen (secondary N) is 1. The molecule has 10 heteroatoms. The highest BCUT2D eigenvalue weighted by Crippen LogP contribution is 2.36. The fourth-order valence-electron chi connectivity index (χ4n) is 2.54. The molecular weight excluding hydrogens is 586 g/mol. The Labute approximate surface area is 196 Å². The quantitative estimate of drug-likeness (QED) is 0.280. The first kappa shape index (κ1) is 20.8. The summed E-state index contributed by atoms with van der Waals surface area (Å²) < 4.78 is 18.8. The van der Waals surface area contributed by atoms with Crippen LogP contribution in [-0.4, -0.2) is 22.7 Å². The smallest absolute Gasteiger partial charge is 0.283 e. The first-order valence-corrected chi connectivity index (χ1v) is 10.9. The number of carbonyl (C=O) groups is 1. The number of furan rings is 1. The summed E-state index contributed by atoms with van der Waals surface area (Å²) in [5, 5.41) is 10.8. The third kappa shape index (κ3) is 4.82. The van der Waals surface area contributed by atoms with Gasteiger partial charge in [0.2, 0.25) is 5.89 Å². The van der Waals surface area contributed by atoms with E-state index in [4.69, 9.17) is 13.6 Å². The SMILES string of the molecule is O=C(COc1c(Br)cc(Br)cc1Br)Nc1ccc(-c2nnc(-c3ccco3)o2)cc1. The van der Waals surface area contributed by atoms with Crippen LogP contribution < -0.4 is 10.1 Å². The molecule has 0 saturated carbocycles. The van der Waals surface area contributed by atoms with Gasteiger partial charge < -0.3 is 18.9 Å². The lowest BCUT2D eigenvalue weighted by Gasteiger charge is -2.11. The number of rotatable bonds is 6. The van der Waals surface area contributed by atoms with E-state index in [0.717, 1.165) is 19.0 Å². The van der Waals surface area contributed by atoms with Gasteiger partial charge in [0, 0.05) is 15.7 Å². The van der Waals surface area contributed by atoms with Crippen LogP contribution in [0.3, 0.4) is 0 Å². The van der Waals surface area contributed by atoms with Gasteiger partial charge in [-0.2, -0.15) is 0 Å². The van der Waals surface area contributed by atoms with E-state index in [1.807, 2.05) is 12.1 Å². The van der Waals surface area contributed by atoms with E-state index in [2.05, 4.69) is 63.3 Å². The third-order valence-electron chi connectivity index (χ3n) is 3.88. The zero-order valence-electron chi connectivity index (χ0n) is 15.1. The normalized spacial score (nSPS) is 10.8. The summed E-state index contributed by atoms with van der Waals surface area (Å²) in [7, 11) is 0. The lowest BCUT2D eigenvalue weighted by atomic mass is 10.2. The Bertz CT molecular complexity index is 1150. The van der Waals surface area contributed by atoms with Crippen LogP contribution in [-0.2, 0) is 4.79 Å². The Kier molecular flexibility index (Phi) is 6.35. The van der Waals surface area contributed by atoms with Crippen molar-refractivity contribution in [3.8, 4) is 28.9 Å². The van der Waals surface area contributed by atoms with E-state index >= 15 is 0 Å². The Morgan fingerprint density at radius 3 is 2.37 bits per heavy atom. The standard InChI is InChI=1S/C20H12Br3N3O4/c21-12-8-14(22)18(15(23)9-12)29-10-17(27)24-13-5-3-11(4-6-13)19-25-26-20(30-19)16-2-1-7-28-16/h1-9H,10H2,(H,24,27). The molecule has 2 aromatic carbocycles. The molecule has 0 radical (unpaired) electrons. The molecule has 0 aliphatic rings. The number of ether oxygens (including phenoxy) is 1. The first-order chi connectivity index (χ1) is 14.5. The van der Waals surface area contributed by atoms with Gasteiger partial charge in [0.25, 0.3) is 11.8 Å². The number of nitrogens with zero attached hydrogens (tertiary/aromatic N) is 2. The van der Waals surface area contributed by atoms with Crippen LogP contribution in [0.25, 0.3) is 23.1 Å². The Hall–Kier alpha value is -2.43. The van der Waals surface area contributed by atoms with Crippen LogP contribution >= 0.6 is 47.8 Å². The van der Waals surface area contributed by atoms with Gasteiger partial charge in [-0.25, -0.2) is 0 Å². The fraction of sp³-hybridized carbons (Fsp3) is 0.0500. The summed E-state index contributed by atoms with van der Waals surface area (Å²) >= 11 is 10.2. The predicted molar refractivity (Wildman–Crippen MR) is 121 cm³/mol. The second kappa shape index (κ2) is 9.15. The first-order valence-electron chi connectivity index (χ1n) is 8.54. The molecule has 0 fully saturated rings. The lowest BCUT2D eigenvalue weighted by molar-refractivity contribution is -0.118. The van der Waals surface area contributed by atoms with Crippen molar-refractivity contribution >= 4 is 59.4 Å². The highest BCUT2D eigenvalue weighted by molar-refractivity contribution is 9.11. The summed E-state index contributed by atoms with van der Waals surface area (Å²) in [6.07, 6.45) is 1.54. The van der Waals surface area contributed by atoms with E-state index < -0.39 is 0 Å². The molecule has 1 amide bonds. The van der Waals surface area contributed by atoms with Crippen LogP contribution in [0.5, 0.6) is 5.75 Å². The van der Waals surface area contributed by atoms with Crippen LogP contribution in [0.4, 0.5) is 5.69 Å². The molecule has 4 rings (SSSR count). The number of anilines is 1. The molecule has 2 aromatic heterocycles. The Balaban J connectivity index is 1.37. The molecule has 152 valence electrons. The molecule has 2 heterocycles. The number of hydrogen-bond acceptors (Lipinski definition) is 6. The van der Waals surface area contributed by atoms with Gasteiger partial charge in [-0.3, -0.25) is 4.79 Å². The molecule has 0 bridgehead atoms. The highest BCUT2D eigenvalue weighted by atomic mass is 79.9. The maximum atomic E-state index is 12.2. The summed E-state index contributed by atoms with van der Waals surface area (Å²) in [4.78, 5) is 12.2. The number of halogens is 3. The maximum absolute atomic E-state index is 12.2. The summed E-state index contributed by atoms with van der Waals surface area (Å²) in [5.41, 5.74) is 1.34. The number of amides is 1. The predicted octanol–water partition coefficient (Wildman–Crippen LogP) is 6.30. The molecular formula is C20H12Br3N3O4. The average Bonchev–Trinajstić information content (AvgIpc) is 3.39. The van der Waals surface area contributed by atoms with Gasteiger partial charge >= 0.3 is 0 Å². The summed E-state index contributed by atoms with van der Waals surface area (Å²) in [5.74, 6) is 1.42. The van der Waals surface area contributed by atoms with E-state index in [-0.39, 0.29) is 12.5 Å². The van der Waals surface area contributed by atoms with Crippen molar-refractivity contribution in [2.24, 2.45) is 0 Å². The second-order valence-corrected chi connectivity index (χ2v) is 8.63. The zero-order chi connectivity index (χ0) is 21.1. The molecule has 30 heavy (non-hydrogen) atoms.